The van der Waals surface area contributed by atoms with Crippen LogP contribution in [0.25, 0.3) is 10.9 Å². The number of ether oxygens (including phenoxy) is 1. The number of imide groups is 1. The number of para-hydroxylation sites is 1. The quantitative estimate of drug-likeness (QED) is 0.726. The van der Waals surface area contributed by atoms with Gasteiger partial charge < -0.3 is 10.1 Å². The summed E-state index contributed by atoms with van der Waals surface area (Å²) >= 11 is 0. The predicted molar refractivity (Wildman–Crippen MR) is 79.6 cm³/mol. The van der Waals surface area contributed by atoms with E-state index in [2.05, 4.69) is 10.3 Å². The normalized spacial score (nSPS) is 10.1. The number of rotatable bonds is 4. The molecule has 0 radical (unpaired) electrons. The third-order valence-corrected chi connectivity index (χ3v) is 2.88. The first-order valence-electron chi connectivity index (χ1n) is 6.62. The summed E-state index contributed by atoms with van der Waals surface area (Å²) in [4.78, 5) is 50.1. The van der Waals surface area contributed by atoms with Crippen molar-refractivity contribution in [2.75, 3.05) is 13.7 Å². The van der Waals surface area contributed by atoms with Crippen molar-refractivity contribution in [1.29, 1.82) is 0 Å². The number of amides is 3. The van der Waals surface area contributed by atoms with Crippen molar-refractivity contribution < 1.29 is 19.1 Å². The van der Waals surface area contributed by atoms with Crippen LogP contribution in [-0.4, -0.2) is 41.1 Å². The number of carbonyl (C=O) groups is 3. The minimum Gasteiger partial charge on any atom is -0.454 e. The van der Waals surface area contributed by atoms with Gasteiger partial charge in [0, 0.05) is 7.05 Å². The van der Waals surface area contributed by atoms with Crippen LogP contribution in [0, 0.1) is 0 Å². The molecule has 0 aliphatic rings. The van der Waals surface area contributed by atoms with Gasteiger partial charge >= 0.3 is 12.0 Å². The van der Waals surface area contributed by atoms with Gasteiger partial charge in [-0.15, -0.1) is 0 Å². The van der Waals surface area contributed by atoms with Gasteiger partial charge in [0.25, 0.3) is 11.5 Å². The largest absolute Gasteiger partial charge is 0.454 e. The van der Waals surface area contributed by atoms with E-state index in [1.807, 2.05) is 5.32 Å². The number of benzene rings is 1. The molecule has 2 aromatic rings. The number of aromatic nitrogens is 2. The highest BCUT2D eigenvalue weighted by molar-refractivity contribution is 5.95. The highest BCUT2D eigenvalue weighted by Gasteiger charge is 2.12. The number of nitrogens with zero attached hydrogens (tertiary/aromatic N) is 2. The molecule has 0 unspecified atom stereocenters. The number of fused-ring (bicyclic) bond motifs is 1. The SMILES string of the molecule is CNC(=O)NC(=O)COC(=O)Cn1cnc2ccccc2c1=O. The Balaban J connectivity index is 1.98. The molecule has 0 saturated heterocycles. The van der Waals surface area contributed by atoms with E-state index in [1.165, 1.54) is 13.4 Å². The minimum absolute atomic E-state index is 0.375. The van der Waals surface area contributed by atoms with Crippen molar-refractivity contribution in [2.24, 2.45) is 0 Å². The zero-order chi connectivity index (χ0) is 16.8. The van der Waals surface area contributed by atoms with Crippen molar-refractivity contribution in [3.63, 3.8) is 0 Å². The average molecular weight is 318 g/mol. The molecule has 9 nitrogen and oxygen atoms in total. The third kappa shape index (κ3) is 4.13. The van der Waals surface area contributed by atoms with E-state index in [1.54, 1.807) is 24.3 Å². The maximum Gasteiger partial charge on any atom is 0.326 e. The molecule has 1 aromatic heterocycles. The summed E-state index contributed by atoms with van der Waals surface area (Å²) < 4.78 is 5.79. The second kappa shape index (κ2) is 7.16. The molecule has 1 heterocycles. The summed E-state index contributed by atoms with van der Waals surface area (Å²) in [5.41, 5.74) is 0.134. The lowest BCUT2D eigenvalue weighted by atomic mass is 10.2. The van der Waals surface area contributed by atoms with Crippen molar-refractivity contribution >= 4 is 28.8 Å². The van der Waals surface area contributed by atoms with Crippen LogP contribution in [0.2, 0.25) is 0 Å². The van der Waals surface area contributed by atoms with E-state index >= 15 is 0 Å². The third-order valence-electron chi connectivity index (χ3n) is 2.88. The van der Waals surface area contributed by atoms with Gasteiger partial charge in [0.2, 0.25) is 0 Å². The topological polar surface area (TPSA) is 119 Å². The van der Waals surface area contributed by atoms with E-state index in [-0.39, 0.29) is 12.1 Å². The van der Waals surface area contributed by atoms with Gasteiger partial charge in [-0.05, 0) is 12.1 Å². The Labute approximate surface area is 130 Å². The van der Waals surface area contributed by atoms with Crippen LogP contribution in [-0.2, 0) is 20.9 Å². The molecular weight excluding hydrogens is 304 g/mol. The van der Waals surface area contributed by atoms with Gasteiger partial charge in [0.15, 0.2) is 6.61 Å². The predicted octanol–water partition coefficient (Wildman–Crippen LogP) is -0.605. The molecule has 0 aliphatic heterocycles. The summed E-state index contributed by atoms with van der Waals surface area (Å²) in [6.45, 7) is -1.01. The Hall–Kier alpha value is -3.23. The summed E-state index contributed by atoms with van der Waals surface area (Å²) in [5.74, 6) is -1.57. The Morgan fingerprint density at radius 1 is 1.26 bits per heavy atom. The van der Waals surface area contributed by atoms with E-state index in [4.69, 9.17) is 4.74 Å². The van der Waals surface area contributed by atoms with Gasteiger partial charge in [-0.1, -0.05) is 12.1 Å². The second-order valence-corrected chi connectivity index (χ2v) is 4.48. The van der Waals surface area contributed by atoms with E-state index < -0.39 is 24.5 Å². The van der Waals surface area contributed by atoms with Crippen LogP contribution in [0.3, 0.4) is 0 Å². The first-order valence-corrected chi connectivity index (χ1v) is 6.62. The smallest absolute Gasteiger partial charge is 0.326 e. The van der Waals surface area contributed by atoms with Crippen molar-refractivity contribution in [2.45, 2.75) is 6.54 Å². The number of carbonyl (C=O) groups excluding carboxylic acids is 3. The fraction of sp³-hybridized carbons (Fsp3) is 0.214. The maximum absolute atomic E-state index is 12.2. The molecule has 0 saturated carbocycles. The van der Waals surface area contributed by atoms with E-state index in [0.29, 0.717) is 10.9 Å². The van der Waals surface area contributed by atoms with Crippen LogP contribution in [0.1, 0.15) is 0 Å². The summed E-state index contributed by atoms with van der Waals surface area (Å²) in [7, 11) is 1.34. The molecular formula is C14H14N4O5. The average Bonchev–Trinajstić information content (AvgIpc) is 2.55. The standard InChI is InChI=1S/C14H14N4O5/c1-15-14(22)17-11(19)7-23-12(20)6-18-8-16-10-5-3-2-4-9(10)13(18)21/h2-5,8H,6-7H2,1H3,(H2,15,17,19,22). The molecule has 2 N–H and O–H groups in total. The Kier molecular flexibility index (Phi) is 5.03. The molecule has 0 aliphatic carbocycles. The molecule has 0 spiro atoms. The summed E-state index contributed by atoms with van der Waals surface area (Å²) in [5, 5.41) is 4.50. The highest BCUT2D eigenvalue weighted by atomic mass is 16.5. The first-order chi connectivity index (χ1) is 11.0. The maximum atomic E-state index is 12.2. The lowest BCUT2D eigenvalue weighted by Gasteiger charge is -2.07. The molecule has 23 heavy (non-hydrogen) atoms. The summed E-state index contributed by atoms with van der Waals surface area (Å²) in [6, 6.07) is 6.02. The Morgan fingerprint density at radius 2 is 2.00 bits per heavy atom. The molecule has 2 rings (SSSR count). The van der Waals surface area contributed by atoms with Crippen molar-refractivity contribution in [3.05, 3.63) is 40.9 Å². The minimum atomic E-state index is -0.795. The molecule has 120 valence electrons. The van der Waals surface area contributed by atoms with Crippen molar-refractivity contribution in [3.8, 4) is 0 Å². The molecule has 1 aromatic carbocycles. The molecule has 0 fully saturated rings. The van der Waals surface area contributed by atoms with Gasteiger partial charge in [0.1, 0.15) is 6.54 Å². The van der Waals surface area contributed by atoms with Crippen LogP contribution >= 0.6 is 0 Å². The zero-order valence-electron chi connectivity index (χ0n) is 12.2. The van der Waals surface area contributed by atoms with Gasteiger partial charge in [0.05, 0.1) is 17.2 Å². The zero-order valence-corrected chi connectivity index (χ0v) is 12.2. The van der Waals surface area contributed by atoms with Gasteiger partial charge in [-0.2, -0.15) is 0 Å². The van der Waals surface area contributed by atoms with Crippen molar-refractivity contribution in [1.82, 2.24) is 20.2 Å². The van der Waals surface area contributed by atoms with Crippen LogP contribution in [0.15, 0.2) is 35.4 Å². The number of urea groups is 1. The number of nitrogens with one attached hydrogen (secondary N) is 2. The number of hydrogen-bond acceptors (Lipinski definition) is 6. The summed E-state index contributed by atoms with van der Waals surface area (Å²) in [6.07, 6.45) is 1.23. The van der Waals surface area contributed by atoms with Crippen LogP contribution in [0.5, 0.6) is 0 Å². The van der Waals surface area contributed by atoms with E-state index in [0.717, 1.165) is 4.57 Å². The van der Waals surface area contributed by atoms with Gasteiger partial charge in [-0.25, -0.2) is 9.78 Å². The fourth-order valence-electron chi connectivity index (χ4n) is 1.77. The second-order valence-electron chi connectivity index (χ2n) is 4.48. The number of esters is 1. The number of hydrogen-bond donors (Lipinski definition) is 2. The van der Waals surface area contributed by atoms with Crippen LogP contribution in [0.4, 0.5) is 4.79 Å². The monoisotopic (exact) mass is 318 g/mol. The molecule has 0 bridgehead atoms. The lowest BCUT2D eigenvalue weighted by molar-refractivity contribution is -0.148. The molecule has 0 atom stereocenters. The van der Waals surface area contributed by atoms with Gasteiger partial charge in [-0.3, -0.25) is 24.3 Å². The lowest BCUT2D eigenvalue weighted by Crippen LogP contribution is -2.40. The molecule has 9 heteroatoms. The Morgan fingerprint density at radius 3 is 2.74 bits per heavy atom. The Bertz CT molecular complexity index is 814. The first kappa shape index (κ1) is 16.1. The van der Waals surface area contributed by atoms with E-state index in [9.17, 15) is 19.2 Å². The molecule has 3 amide bonds. The highest BCUT2D eigenvalue weighted by Crippen LogP contribution is 2.04. The fourth-order valence-corrected chi connectivity index (χ4v) is 1.77. The van der Waals surface area contributed by atoms with Crippen LogP contribution < -0.4 is 16.2 Å².